The average Bonchev–Trinajstić information content (AvgIpc) is 2.43. The van der Waals surface area contributed by atoms with Gasteiger partial charge in [0.05, 0.1) is 0 Å². The first kappa shape index (κ1) is 15.6. The van der Waals surface area contributed by atoms with Crippen molar-refractivity contribution < 1.29 is 9.90 Å². The number of piperidine rings is 1. The number of nitrogens with two attached hydrogens (primary N) is 1. The first-order valence-electron chi connectivity index (χ1n) is 6.61. The summed E-state index contributed by atoms with van der Waals surface area (Å²) < 4.78 is 0. The molecule has 1 amide bonds. The summed E-state index contributed by atoms with van der Waals surface area (Å²) in [5.41, 5.74) is 6.05. The molecule has 0 aromatic heterocycles. The third-order valence-corrected chi connectivity index (χ3v) is 4.52. The highest BCUT2D eigenvalue weighted by atomic mass is 35.5. The molecule has 3 N–H and O–H groups in total. The van der Waals surface area contributed by atoms with E-state index >= 15 is 0 Å². The van der Waals surface area contributed by atoms with Gasteiger partial charge in [0.25, 0.3) is 0 Å². The Kier molecular flexibility index (Phi) is 5.27. The van der Waals surface area contributed by atoms with E-state index in [-0.39, 0.29) is 5.92 Å². The maximum absolute atomic E-state index is 11.0. The number of amides is 1. The van der Waals surface area contributed by atoms with E-state index in [1.165, 1.54) is 0 Å². The number of aliphatic hydroxyl groups is 1. The Hall–Kier alpha value is -0.810. The van der Waals surface area contributed by atoms with Crippen molar-refractivity contribution >= 4 is 29.1 Å². The number of rotatable bonds is 4. The Labute approximate surface area is 128 Å². The molecule has 6 heteroatoms. The number of aliphatic hydroxyl groups excluding tert-OH is 1. The highest BCUT2D eigenvalue weighted by Crippen LogP contribution is 2.28. The second-order valence-electron chi connectivity index (χ2n) is 5.16. The molecule has 0 aliphatic carbocycles. The molecule has 1 aliphatic rings. The minimum Gasteiger partial charge on any atom is -0.383 e. The lowest BCUT2D eigenvalue weighted by atomic mass is 9.90. The molecule has 1 heterocycles. The highest BCUT2D eigenvalue weighted by molar-refractivity contribution is 6.35. The van der Waals surface area contributed by atoms with Gasteiger partial charge in [-0.2, -0.15) is 0 Å². The van der Waals surface area contributed by atoms with E-state index in [4.69, 9.17) is 28.9 Å². The van der Waals surface area contributed by atoms with Crippen LogP contribution < -0.4 is 5.73 Å². The van der Waals surface area contributed by atoms with Crippen LogP contribution in [0, 0.1) is 5.92 Å². The molecule has 1 fully saturated rings. The molecular weight excluding hydrogens is 299 g/mol. The number of hydrogen-bond donors (Lipinski definition) is 2. The topological polar surface area (TPSA) is 66.6 Å². The van der Waals surface area contributed by atoms with Crippen molar-refractivity contribution in [3.8, 4) is 0 Å². The fourth-order valence-electron chi connectivity index (χ4n) is 2.57. The maximum atomic E-state index is 11.0. The molecule has 0 saturated carbocycles. The summed E-state index contributed by atoms with van der Waals surface area (Å²) in [6, 6.07) is 5.47. The van der Waals surface area contributed by atoms with Gasteiger partial charge >= 0.3 is 0 Å². The zero-order valence-corrected chi connectivity index (χ0v) is 12.6. The largest absolute Gasteiger partial charge is 0.383 e. The first-order chi connectivity index (χ1) is 9.49. The fraction of sp³-hybridized carbons (Fsp3) is 0.500. The normalized spacial score (nSPS) is 18.9. The van der Waals surface area contributed by atoms with Crippen molar-refractivity contribution in [1.29, 1.82) is 0 Å². The van der Waals surface area contributed by atoms with Gasteiger partial charge in [0.2, 0.25) is 5.91 Å². The summed E-state index contributed by atoms with van der Waals surface area (Å²) in [6.07, 6.45) is 0.444. The van der Waals surface area contributed by atoms with Gasteiger partial charge in [0.15, 0.2) is 0 Å². The molecular formula is C14H18Cl2N2O2. The smallest absolute Gasteiger partial charge is 0.246 e. The minimum atomic E-state index is -1.04. The molecule has 1 atom stereocenters. The Morgan fingerprint density at radius 1 is 1.35 bits per heavy atom. The van der Waals surface area contributed by atoms with Gasteiger partial charge in [0.1, 0.15) is 6.10 Å². The summed E-state index contributed by atoms with van der Waals surface area (Å²) in [7, 11) is 0. The lowest BCUT2D eigenvalue weighted by Crippen LogP contribution is -2.42. The Morgan fingerprint density at radius 2 is 1.90 bits per heavy atom. The molecule has 2 rings (SSSR count). The monoisotopic (exact) mass is 316 g/mol. The van der Waals surface area contributed by atoms with E-state index in [0.717, 1.165) is 31.5 Å². The van der Waals surface area contributed by atoms with Crippen LogP contribution in [0.15, 0.2) is 18.2 Å². The molecule has 1 aliphatic heterocycles. The molecule has 1 saturated heterocycles. The van der Waals surface area contributed by atoms with Crippen molar-refractivity contribution in [2.24, 2.45) is 11.7 Å². The van der Waals surface area contributed by atoms with Gasteiger partial charge in [-0.3, -0.25) is 9.69 Å². The predicted molar refractivity (Wildman–Crippen MR) is 79.7 cm³/mol. The van der Waals surface area contributed by atoms with Gasteiger partial charge in [-0.1, -0.05) is 29.3 Å². The van der Waals surface area contributed by atoms with E-state index in [0.29, 0.717) is 16.6 Å². The summed E-state index contributed by atoms with van der Waals surface area (Å²) in [6.45, 7) is 2.25. The van der Waals surface area contributed by atoms with Crippen LogP contribution in [0.1, 0.15) is 18.4 Å². The number of benzene rings is 1. The van der Waals surface area contributed by atoms with Crippen LogP contribution in [0.3, 0.4) is 0 Å². The lowest BCUT2D eigenvalue weighted by molar-refractivity contribution is -0.129. The van der Waals surface area contributed by atoms with Crippen LogP contribution in [0.4, 0.5) is 0 Å². The van der Waals surface area contributed by atoms with Crippen molar-refractivity contribution in [2.75, 3.05) is 13.1 Å². The van der Waals surface area contributed by atoms with E-state index in [1.807, 2.05) is 18.2 Å². The average molecular weight is 317 g/mol. The van der Waals surface area contributed by atoms with Crippen LogP contribution >= 0.6 is 23.2 Å². The Morgan fingerprint density at radius 3 is 2.40 bits per heavy atom. The van der Waals surface area contributed by atoms with Crippen LogP contribution in [0.2, 0.25) is 10.0 Å². The van der Waals surface area contributed by atoms with Gasteiger partial charge in [0, 0.05) is 22.2 Å². The minimum absolute atomic E-state index is 0.0505. The van der Waals surface area contributed by atoms with Crippen LogP contribution in [-0.4, -0.2) is 35.1 Å². The number of primary amides is 1. The van der Waals surface area contributed by atoms with Crippen molar-refractivity contribution in [1.82, 2.24) is 4.90 Å². The molecule has 20 heavy (non-hydrogen) atoms. The number of carbonyl (C=O) groups excluding carboxylic acids is 1. The van der Waals surface area contributed by atoms with Gasteiger partial charge in [-0.15, -0.1) is 0 Å². The number of halogens is 2. The predicted octanol–water partition coefficient (Wildman–Crippen LogP) is 2.05. The van der Waals surface area contributed by atoms with Gasteiger partial charge < -0.3 is 10.8 Å². The van der Waals surface area contributed by atoms with E-state index < -0.39 is 12.0 Å². The quantitative estimate of drug-likeness (QED) is 0.893. The van der Waals surface area contributed by atoms with Crippen LogP contribution in [0.25, 0.3) is 0 Å². The summed E-state index contributed by atoms with van der Waals surface area (Å²) in [4.78, 5) is 13.2. The van der Waals surface area contributed by atoms with E-state index in [9.17, 15) is 9.90 Å². The number of hydrogen-bond acceptors (Lipinski definition) is 3. The highest BCUT2D eigenvalue weighted by Gasteiger charge is 2.28. The molecule has 4 nitrogen and oxygen atoms in total. The zero-order valence-electron chi connectivity index (χ0n) is 11.1. The second-order valence-corrected chi connectivity index (χ2v) is 5.98. The summed E-state index contributed by atoms with van der Waals surface area (Å²) in [5, 5.41) is 11.0. The Balaban J connectivity index is 1.93. The van der Waals surface area contributed by atoms with E-state index in [2.05, 4.69) is 4.90 Å². The van der Waals surface area contributed by atoms with E-state index in [1.54, 1.807) is 0 Å². The van der Waals surface area contributed by atoms with Gasteiger partial charge in [-0.25, -0.2) is 0 Å². The number of carbonyl (C=O) groups is 1. The van der Waals surface area contributed by atoms with Gasteiger partial charge in [-0.05, 0) is 44.0 Å². The molecule has 0 spiro atoms. The standard InChI is InChI=1S/C14H18Cl2N2O2/c15-11-2-1-3-12(16)10(11)8-18-6-4-9(5-7-18)13(19)14(17)20/h1-3,9,13,19H,4-8H2,(H2,17,20)/t13-/m0/s1. The molecule has 0 bridgehead atoms. The third-order valence-electron chi connectivity index (χ3n) is 3.81. The summed E-state index contributed by atoms with van der Waals surface area (Å²) in [5.74, 6) is -0.692. The van der Waals surface area contributed by atoms with Crippen LogP contribution in [0.5, 0.6) is 0 Å². The number of nitrogens with zero attached hydrogens (tertiary/aromatic N) is 1. The molecule has 1 aromatic rings. The van der Waals surface area contributed by atoms with Crippen LogP contribution in [-0.2, 0) is 11.3 Å². The zero-order chi connectivity index (χ0) is 14.7. The molecule has 0 unspecified atom stereocenters. The van der Waals surface area contributed by atoms with Crippen molar-refractivity contribution in [3.05, 3.63) is 33.8 Å². The maximum Gasteiger partial charge on any atom is 0.246 e. The molecule has 0 radical (unpaired) electrons. The SMILES string of the molecule is NC(=O)[C@@H](O)C1CCN(Cc2c(Cl)cccc2Cl)CC1. The van der Waals surface area contributed by atoms with Crippen molar-refractivity contribution in [3.63, 3.8) is 0 Å². The Bertz CT molecular complexity index is 468. The molecule has 110 valence electrons. The molecule has 1 aromatic carbocycles. The first-order valence-corrected chi connectivity index (χ1v) is 7.37. The lowest BCUT2D eigenvalue weighted by Gasteiger charge is -2.33. The summed E-state index contributed by atoms with van der Waals surface area (Å²) >= 11 is 12.3. The third kappa shape index (κ3) is 3.64. The number of likely N-dealkylation sites (tertiary alicyclic amines) is 1. The fourth-order valence-corrected chi connectivity index (χ4v) is 3.08. The van der Waals surface area contributed by atoms with Crippen molar-refractivity contribution in [2.45, 2.75) is 25.5 Å². The second kappa shape index (κ2) is 6.76.